The zero-order valence-electron chi connectivity index (χ0n) is 14.7. The molecule has 0 saturated carbocycles. The third-order valence-electron chi connectivity index (χ3n) is 5.20. The van der Waals surface area contributed by atoms with Crippen LogP contribution >= 0.6 is 0 Å². The maximum Gasteiger partial charge on any atom is 0.315 e. The van der Waals surface area contributed by atoms with Crippen molar-refractivity contribution in [2.75, 3.05) is 19.7 Å². The van der Waals surface area contributed by atoms with Crippen molar-refractivity contribution in [3.8, 4) is 0 Å². The highest BCUT2D eigenvalue weighted by Gasteiger charge is 2.24. The molecular formula is C20H29N3O2. The second-order valence-electron chi connectivity index (χ2n) is 7.13. The van der Waals surface area contributed by atoms with Gasteiger partial charge in [0.1, 0.15) is 0 Å². The van der Waals surface area contributed by atoms with E-state index in [0.29, 0.717) is 12.6 Å². The number of carbonyl (C=O) groups excluding carboxylic acids is 1. The first-order valence-corrected chi connectivity index (χ1v) is 9.36. The first kappa shape index (κ1) is 18.0. The summed E-state index contributed by atoms with van der Waals surface area (Å²) < 4.78 is 0. The number of urea groups is 1. The molecule has 1 heterocycles. The Hall–Kier alpha value is -1.85. The first-order chi connectivity index (χ1) is 12.2. The van der Waals surface area contributed by atoms with Gasteiger partial charge in [-0.05, 0) is 31.4 Å². The number of rotatable bonds is 6. The van der Waals surface area contributed by atoms with E-state index in [0.717, 1.165) is 25.9 Å². The lowest BCUT2D eigenvalue weighted by molar-refractivity contribution is 0.138. The van der Waals surface area contributed by atoms with Gasteiger partial charge in [-0.3, -0.25) is 4.90 Å². The van der Waals surface area contributed by atoms with Crippen LogP contribution in [-0.2, 0) is 6.54 Å². The molecule has 2 aliphatic rings. The normalized spacial score (nSPS) is 26.5. The lowest BCUT2D eigenvalue weighted by Crippen LogP contribution is -2.49. The molecule has 5 nitrogen and oxygen atoms in total. The number of hydrogen-bond acceptors (Lipinski definition) is 3. The van der Waals surface area contributed by atoms with Gasteiger partial charge in [0.25, 0.3) is 0 Å². The summed E-state index contributed by atoms with van der Waals surface area (Å²) in [5.41, 5.74) is 1.32. The zero-order valence-corrected chi connectivity index (χ0v) is 14.7. The van der Waals surface area contributed by atoms with Gasteiger partial charge in [0.15, 0.2) is 0 Å². The fourth-order valence-electron chi connectivity index (χ4n) is 3.76. The molecule has 136 valence electrons. The van der Waals surface area contributed by atoms with E-state index in [-0.39, 0.29) is 24.6 Å². The number of nitrogens with zero attached hydrogens (tertiary/aromatic N) is 1. The number of benzene rings is 1. The summed E-state index contributed by atoms with van der Waals surface area (Å²) >= 11 is 0. The van der Waals surface area contributed by atoms with E-state index in [1.54, 1.807) is 0 Å². The number of aliphatic hydroxyl groups excluding tert-OH is 1. The maximum atomic E-state index is 12.2. The largest absolute Gasteiger partial charge is 0.396 e. The predicted octanol–water partition coefficient (Wildman–Crippen LogP) is 2.28. The quantitative estimate of drug-likeness (QED) is 0.694. The molecule has 1 unspecified atom stereocenters. The van der Waals surface area contributed by atoms with E-state index in [9.17, 15) is 4.79 Å². The molecule has 25 heavy (non-hydrogen) atoms. The van der Waals surface area contributed by atoms with Crippen molar-refractivity contribution < 1.29 is 9.90 Å². The molecule has 5 heteroatoms. The van der Waals surface area contributed by atoms with E-state index < -0.39 is 0 Å². The summed E-state index contributed by atoms with van der Waals surface area (Å²) in [6.07, 6.45) is 8.32. The van der Waals surface area contributed by atoms with Gasteiger partial charge < -0.3 is 15.7 Å². The van der Waals surface area contributed by atoms with Crippen molar-refractivity contribution >= 4 is 6.03 Å². The van der Waals surface area contributed by atoms with Crippen LogP contribution in [0, 0.1) is 5.92 Å². The van der Waals surface area contributed by atoms with Crippen molar-refractivity contribution in [2.45, 2.75) is 44.3 Å². The van der Waals surface area contributed by atoms with Gasteiger partial charge in [-0.25, -0.2) is 4.79 Å². The number of hydrogen-bond donors (Lipinski definition) is 3. The van der Waals surface area contributed by atoms with Crippen molar-refractivity contribution in [3.05, 3.63) is 48.0 Å². The molecule has 1 aromatic carbocycles. The molecular weight excluding hydrogens is 314 g/mol. The highest BCUT2D eigenvalue weighted by atomic mass is 16.3. The topological polar surface area (TPSA) is 64.6 Å². The van der Waals surface area contributed by atoms with Crippen LogP contribution in [0.4, 0.5) is 4.79 Å². The van der Waals surface area contributed by atoms with E-state index in [1.807, 2.05) is 18.2 Å². The molecule has 0 spiro atoms. The van der Waals surface area contributed by atoms with E-state index in [2.05, 4.69) is 39.8 Å². The standard InChI is InChI=1S/C20H29N3O2/c24-15-17-9-10-18(12-17)22-20(25)21-13-19-8-4-5-11-23(19)14-16-6-2-1-3-7-16/h1-3,6-7,9-10,17-19,24H,4-5,8,11-15H2,(H2,21,22,25)/t17-,18+,19?/m0/s1. The lowest BCUT2D eigenvalue weighted by Gasteiger charge is -2.36. The molecule has 1 fully saturated rings. The van der Waals surface area contributed by atoms with Crippen LogP contribution in [-0.4, -0.2) is 47.8 Å². The minimum atomic E-state index is -0.113. The number of likely N-dealkylation sites (tertiary alicyclic amines) is 1. The molecule has 3 rings (SSSR count). The monoisotopic (exact) mass is 343 g/mol. The molecule has 0 bridgehead atoms. The minimum absolute atomic E-state index is 0.0314. The smallest absolute Gasteiger partial charge is 0.315 e. The molecule has 3 N–H and O–H groups in total. The van der Waals surface area contributed by atoms with Crippen molar-refractivity contribution in [1.82, 2.24) is 15.5 Å². The van der Waals surface area contributed by atoms with E-state index in [4.69, 9.17) is 5.11 Å². The molecule has 2 amide bonds. The minimum Gasteiger partial charge on any atom is -0.396 e. The Labute approximate surface area is 150 Å². The summed E-state index contributed by atoms with van der Waals surface area (Å²) in [5, 5.41) is 15.2. The SMILES string of the molecule is O=C(NCC1CCCCN1Cc1ccccc1)N[C@@H]1C=C[C@H](CO)C1. The van der Waals surface area contributed by atoms with E-state index in [1.165, 1.54) is 18.4 Å². The Morgan fingerprint density at radius 1 is 1.20 bits per heavy atom. The van der Waals surface area contributed by atoms with Crippen LogP contribution in [0.2, 0.25) is 0 Å². The maximum absolute atomic E-state index is 12.2. The Kier molecular flexibility index (Phi) is 6.48. The summed E-state index contributed by atoms with van der Waals surface area (Å²) in [4.78, 5) is 14.6. The summed E-state index contributed by atoms with van der Waals surface area (Å²) in [6.45, 7) is 2.86. The average Bonchev–Trinajstić information content (AvgIpc) is 3.09. The molecule has 3 atom stereocenters. The fraction of sp³-hybridized carbons (Fsp3) is 0.550. The fourth-order valence-corrected chi connectivity index (χ4v) is 3.76. The van der Waals surface area contributed by atoms with E-state index >= 15 is 0 Å². The van der Waals surface area contributed by atoms with Gasteiger partial charge in [0.05, 0.1) is 0 Å². The van der Waals surface area contributed by atoms with Gasteiger partial charge in [-0.1, -0.05) is 48.9 Å². The van der Waals surface area contributed by atoms with Crippen LogP contribution in [0.1, 0.15) is 31.2 Å². The zero-order chi connectivity index (χ0) is 17.5. The van der Waals surface area contributed by atoms with Gasteiger partial charge in [-0.2, -0.15) is 0 Å². The predicted molar refractivity (Wildman–Crippen MR) is 99.1 cm³/mol. The summed E-state index contributed by atoms with van der Waals surface area (Å²) in [6, 6.07) is 10.8. The van der Waals surface area contributed by atoms with Crippen LogP contribution in [0.15, 0.2) is 42.5 Å². The van der Waals surface area contributed by atoms with Crippen LogP contribution < -0.4 is 10.6 Å². The van der Waals surface area contributed by atoms with Crippen LogP contribution in [0.5, 0.6) is 0 Å². The molecule has 1 aromatic rings. The highest BCUT2D eigenvalue weighted by Crippen LogP contribution is 2.19. The Balaban J connectivity index is 1.45. The number of aliphatic hydroxyl groups is 1. The average molecular weight is 343 g/mol. The number of piperidine rings is 1. The number of nitrogens with one attached hydrogen (secondary N) is 2. The summed E-state index contributed by atoms with van der Waals surface area (Å²) in [7, 11) is 0. The molecule has 1 saturated heterocycles. The van der Waals surface area contributed by atoms with Gasteiger partial charge >= 0.3 is 6.03 Å². The molecule has 1 aliphatic heterocycles. The van der Waals surface area contributed by atoms with Crippen LogP contribution in [0.25, 0.3) is 0 Å². The first-order valence-electron chi connectivity index (χ1n) is 9.36. The van der Waals surface area contributed by atoms with Gasteiger partial charge in [0.2, 0.25) is 0 Å². The third kappa shape index (κ3) is 5.31. The number of amides is 2. The lowest BCUT2D eigenvalue weighted by atomic mass is 10.0. The van der Waals surface area contributed by atoms with Gasteiger partial charge in [0, 0.05) is 37.7 Å². The van der Waals surface area contributed by atoms with Crippen molar-refractivity contribution in [1.29, 1.82) is 0 Å². The second kappa shape index (κ2) is 9.02. The Morgan fingerprint density at radius 2 is 2.04 bits per heavy atom. The van der Waals surface area contributed by atoms with Gasteiger partial charge in [-0.15, -0.1) is 0 Å². The van der Waals surface area contributed by atoms with Crippen LogP contribution in [0.3, 0.4) is 0 Å². The molecule has 1 aliphatic carbocycles. The highest BCUT2D eigenvalue weighted by molar-refractivity contribution is 5.74. The second-order valence-corrected chi connectivity index (χ2v) is 7.13. The summed E-state index contributed by atoms with van der Waals surface area (Å²) in [5.74, 6) is 0.171. The molecule has 0 aromatic heterocycles. The van der Waals surface area contributed by atoms with Crippen molar-refractivity contribution in [2.24, 2.45) is 5.92 Å². The Bertz CT molecular complexity index is 576. The Morgan fingerprint density at radius 3 is 2.80 bits per heavy atom. The van der Waals surface area contributed by atoms with Crippen molar-refractivity contribution in [3.63, 3.8) is 0 Å². The molecule has 0 radical (unpaired) electrons. The third-order valence-corrected chi connectivity index (χ3v) is 5.20. The number of carbonyl (C=O) groups is 1.